The number of nitriles is 1. The van der Waals surface area contributed by atoms with Gasteiger partial charge in [-0.25, -0.2) is 17.9 Å². The van der Waals surface area contributed by atoms with E-state index in [1.54, 1.807) is 29.0 Å². The number of hydrogen-bond acceptors (Lipinski definition) is 8. The maximum atomic E-state index is 13.3. The summed E-state index contributed by atoms with van der Waals surface area (Å²) in [5.41, 5.74) is 0.347. The van der Waals surface area contributed by atoms with Crippen LogP contribution in [0.5, 0.6) is 0 Å². The summed E-state index contributed by atoms with van der Waals surface area (Å²) < 4.78 is 31.0. The lowest BCUT2D eigenvalue weighted by Gasteiger charge is -2.37. The number of thiazole rings is 1. The molecule has 184 valence electrons. The van der Waals surface area contributed by atoms with Gasteiger partial charge in [0.15, 0.2) is 0 Å². The molecule has 0 unspecified atom stereocenters. The zero-order chi connectivity index (χ0) is 25.0. The average Bonchev–Trinajstić information content (AvgIpc) is 3.25. The molecule has 3 aromatic heterocycles. The van der Waals surface area contributed by atoms with Crippen LogP contribution in [0, 0.1) is 24.2 Å². The predicted octanol–water partition coefficient (Wildman–Crippen LogP) is 2.41. The Labute approximate surface area is 208 Å². The Morgan fingerprint density at radius 1 is 1.20 bits per heavy atom. The highest BCUT2D eigenvalue weighted by Gasteiger charge is 2.47. The fourth-order valence-corrected chi connectivity index (χ4v) is 6.46. The quantitative estimate of drug-likeness (QED) is 0.537. The summed E-state index contributed by atoms with van der Waals surface area (Å²) in [5, 5.41) is 14.8. The molecule has 1 aliphatic heterocycles. The number of aromatic nitrogens is 3. The van der Waals surface area contributed by atoms with Crippen molar-refractivity contribution in [2.45, 2.75) is 44.0 Å². The Morgan fingerprint density at radius 3 is 2.49 bits per heavy atom. The van der Waals surface area contributed by atoms with E-state index in [4.69, 9.17) is 0 Å². The summed E-state index contributed by atoms with van der Waals surface area (Å²) in [7, 11) is -3.95. The largest absolute Gasteiger partial charge is 0.353 e. The third kappa shape index (κ3) is 4.39. The topological polar surface area (TPSA) is 124 Å². The van der Waals surface area contributed by atoms with Crippen molar-refractivity contribution in [1.82, 2.24) is 24.2 Å². The van der Waals surface area contributed by atoms with Crippen LogP contribution in [-0.4, -0.2) is 65.5 Å². The number of hydrogen-bond donors (Lipinski definition) is 1. The van der Waals surface area contributed by atoms with E-state index in [0.29, 0.717) is 50.4 Å². The van der Waals surface area contributed by atoms with Gasteiger partial charge in [-0.2, -0.15) is 15.1 Å². The SMILES string of the molecule is Cc1cnc(-c2cnn3c(N4CCN(C(=O)C(C)C)CC4)cc(S(=O)(=O)NC4(C#N)CC4)cc23)s1. The van der Waals surface area contributed by atoms with Gasteiger partial charge in [0.25, 0.3) is 0 Å². The maximum absolute atomic E-state index is 13.3. The van der Waals surface area contributed by atoms with Crippen molar-refractivity contribution >= 4 is 38.6 Å². The smallest absolute Gasteiger partial charge is 0.242 e. The lowest BCUT2D eigenvalue weighted by atomic mass is 10.1. The van der Waals surface area contributed by atoms with Crippen LogP contribution < -0.4 is 9.62 Å². The second-order valence-electron chi connectivity index (χ2n) is 9.45. The Morgan fingerprint density at radius 2 is 1.91 bits per heavy atom. The number of piperazine rings is 1. The average molecular weight is 514 g/mol. The van der Waals surface area contributed by atoms with Gasteiger partial charge in [-0.1, -0.05) is 13.8 Å². The first-order valence-electron chi connectivity index (χ1n) is 11.6. The molecule has 3 aromatic rings. The van der Waals surface area contributed by atoms with Crippen LogP contribution >= 0.6 is 11.3 Å². The zero-order valence-corrected chi connectivity index (χ0v) is 21.5. The van der Waals surface area contributed by atoms with Gasteiger partial charge in [-0.05, 0) is 25.8 Å². The molecule has 1 saturated carbocycles. The van der Waals surface area contributed by atoms with Crippen LogP contribution in [0.25, 0.3) is 16.1 Å². The molecule has 2 fully saturated rings. The molecule has 1 amide bonds. The third-order valence-corrected chi connectivity index (χ3v) is 8.90. The minimum absolute atomic E-state index is 0.0712. The van der Waals surface area contributed by atoms with Crippen molar-refractivity contribution in [2.24, 2.45) is 5.92 Å². The van der Waals surface area contributed by atoms with Gasteiger partial charge < -0.3 is 9.80 Å². The molecule has 0 aromatic carbocycles. The molecule has 35 heavy (non-hydrogen) atoms. The number of carbonyl (C=O) groups excluding carboxylic acids is 1. The molecule has 10 nitrogen and oxygen atoms in total. The van der Waals surface area contributed by atoms with Crippen LogP contribution in [0.15, 0.2) is 29.4 Å². The second-order valence-corrected chi connectivity index (χ2v) is 12.4. The summed E-state index contributed by atoms with van der Waals surface area (Å²) in [5.74, 6) is 0.668. The Balaban J connectivity index is 1.57. The van der Waals surface area contributed by atoms with E-state index in [9.17, 15) is 18.5 Å². The fourth-order valence-electron chi connectivity index (χ4n) is 4.27. The van der Waals surface area contributed by atoms with Gasteiger partial charge in [0, 0.05) is 49.2 Å². The molecular formula is C23H27N7O3S2. The Kier molecular flexibility index (Phi) is 5.82. The molecule has 1 aliphatic carbocycles. The number of rotatable bonds is 6. The lowest BCUT2D eigenvalue weighted by Crippen LogP contribution is -2.50. The number of anilines is 1. The molecule has 4 heterocycles. The Bertz CT molecular complexity index is 1440. The summed E-state index contributed by atoms with van der Waals surface area (Å²) in [6, 6.07) is 5.29. The molecule has 1 saturated heterocycles. The molecule has 0 spiro atoms. The van der Waals surface area contributed by atoms with Crippen molar-refractivity contribution in [3.05, 3.63) is 29.4 Å². The molecule has 2 aliphatic rings. The van der Waals surface area contributed by atoms with Gasteiger partial charge in [0.05, 0.1) is 28.2 Å². The predicted molar refractivity (Wildman–Crippen MR) is 133 cm³/mol. The van der Waals surface area contributed by atoms with Gasteiger partial charge in [-0.3, -0.25) is 4.79 Å². The molecule has 12 heteroatoms. The molecular weight excluding hydrogens is 486 g/mol. The summed E-state index contributed by atoms with van der Waals surface area (Å²) >= 11 is 1.51. The summed E-state index contributed by atoms with van der Waals surface area (Å²) in [6.07, 6.45) is 4.48. The van der Waals surface area contributed by atoms with Gasteiger partial charge in [0.2, 0.25) is 15.9 Å². The number of aryl methyl sites for hydroxylation is 1. The highest BCUT2D eigenvalue weighted by molar-refractivity contribution is 7.89. The van der Waals surface area contributed by atoms with E-state index in [1.165, 1.54) is 11.3 Å². The van der Waals surface area contributed by atoms with Crippen molar-refractivity contribution in [2.75, 3.05) is 31.1 Å². The van der Waals surface area contributed by atoms with Crippen molar-refractivity contribution in [3.8, 4) is 16.6 Å². The number of sulfonamides is 1. The van der Waals surface area contributed by atoms with E-state index in [0.717, 1.165) is 15.4 Å². The molecule has 0 atom stereocenters. The van der Waals surface area contributed by atoms with Gasteiger partial charge in [0.1, 0.15) is 16.4 Å². The van der Waals surface area contributed by atoms with E-state index in [2.05, 4.69) is 25.8 Å². The fraction of sp³-hybridized carbons (Fsp3) is 0.478. The van der Waals surface area contributed by atoms with Crippen LogP contribution in [0.4, 0.5) is 5.82 Å². The molecule has 0 bridgehead atoms. The van der Waals surface area contributed by atoms with Crippen LogP contribution in [0.1, 0.15) is 31.6 Å². The van der Waals surface area contributed by atoms with Gasteiger partial charge >= 0.3 is 0 Å². The maximum Gasteiger partial charge on any atom is 0.242 e. The molecule has 0 radical (unpaired) electrons. The van der Waals surface area contributed by atoms with Crippen molar-refractivity contribution in [1.29, 1.82) is 5.26 Å². The monoisotopic (exact) mass is 513 g/mol. The molecule has 5 rings (SSSR count). The lowest BCUT2D eigenvalue weighted by molar-refractivity contribution is -0.134. The third-order valence-electron chi connectivity index (χ3n) is 6.44. The number of amides is 1. The highest BCUT2D eigenvalue weighted by atomic mass is 32.2. The number of nitrogens with zero attached hydrogens (tertiary/aromatic N) is 6. The van der Waals surface area contributed by atoms with Crippen molar-refractivity contribution < 1.29 is 13.2 Å². The number of nitrogens with one attached hydrogen (secondary N) is 1. The number of carbonyl (C=O) groups is 1. The summed E-state index contributed by atoms with van der Waals surface area (Å²) in [6.45, 7) is 7.94. The number of pyridine rings is 1. The van der Waals surface area contributed by atoms with Crippen LogP contribution in [-0.2, 0) is 14.8 Å². The minimum Gasteiger partial charge on any atom is -0.353 e. The van der Waals surface area contributed by atoms with Crippen LogP contribution in [0.3, 0.4) is 0 Å². The minimum atomic E-state index is -3.95. The zero-order valence-electron chi connectivity index (χ0n) is 19.9. The molecule has 1 N–H and O–H groups in total. The first kappa shape index (κ1) is 23.7. The first-order chi connectivity index (χ1) is 16.6. The van der Waals surface area contributed by atoms with E-state index in [-0.39, 0.29) is 16.7 Å². The van der Waals surface area contributed by atoms with E-state index < -0.39 is 15.6 Å². The first-order valence-corrected chi connectivity index (χ1v) is 13.9. The normalized spacial score (nSPS) is 17.7. The Hall–Kier alpha value is -3.01. The second kappa shape index (κ2) is 8.58. The summed E-state index contributed by atoms with van der Waals surface area (Å²) in [4.78, 5) is 21.9. The van der Waals surface area contributed by atoms with Gasteiger partial charge in [-0.15, -0.1) is 11.3 Å². The van der Waals surface area contributed by atoms with Crippen molar-refractivity contribution in [3.63, 3.8) is 0 Å². The van der Waals surface area contributed by atoms with E-state index in [1.807, 2.05) is 25.7 Å². The standard InChI is InChI=1S/C23H27N7O3S2/c1-15(2)22(31)29-8-6-28(7-9-29)20-11-17(35(32,33)27-23(14-24)4-5-23)10-19-18(13-26-30(19)20)21-25-12-16(3)34-21/h10-13,15,27H,4-9H2,1-3H3. The van der Waals surface area contributed by atoms with E-state index >= 15 is 0 Å². The van der Waals surface area contributed by atoms with Crippen LogP contribution in [0.2, 0.25) is 0 Å². The number of fused-ring (bicyclic) bond motifs is 1. The highest BCUT2D eigenvalue weighted by Crippen LogP contribution is 2.37.